The summed E-state index contributed by atoms with van der Waals surface area (Å²) in [6.07, 6.45) is 0. The van der Waals surface area contributed by atoms with Crippen LogP contribution in [0.2, 0.25) is 0 Å². The van der Waals surface area contributed by atoms with Crippen LogP contribution in [0.25, 0.3) is 0 Å². The van der Waals surface area contributed by atoms with Crippen LogP contribution in [-0.2, 0) is 6.54 Å². The fraction of sp³-hybridized carbons (Fsp3) is 0.267. The molecule has 0 bridgehead atoms. The molecule has 0 spiro atoms. The van der Waals surface area contributed by atoms with Crippen molar-refractivity contribution in [1.82, 2.24) is 4.98 Å². The van der Waals surface area contributed by atoms with Gasteiger partial charge in [-0.05, 0) is 36.8 Å². The molecule has 2 rings (SSSR count). The Morgan fingerprint density at radius 3 is 2.39 bits per heavy atom. The minimum absolute atomic E-state index is 0.796. The maximum atomic E-state index is 4.41. The summed E-state index contributed by atoms with van der Waals surface area (Å²) in [5.74, 6) is 0.923. The molecule has 3 nitrogen and oxygen atoms in total. The topological polar surface area (TPSA) is 28.2 Å². The van der Waals surface area contributed by atoms with Gasteiger partial charge in [-0.25, -0.2) is 4.98 Å². The quantitative estimate of drug-likeness (QED) is 0.891. The summed E-state index contributed by atoms with van der Waals surface area (Å²) in [5.41, 5.74) is 3.50. The molecular formula is C15H19N3. The number of benzene rings is 1. The van der Waals surface area contributed by atoms with Crippen LogP contribution >= 0.6 is 0 Å². The molecule has 0 aliphatic carbocycles. The normalized spacial score (nSPS) is 10.2. The van der Waals surface area contributed by atoms with Gasteiger partial charge in [-0.3, -0.25) is 0 Å². The smallest absolute Gasteiger partial charge is 0.126 e. The fourth-order valence-corrected chi connectivity index (χ4v) is 1.75. The molecule has 0 atom stereocenters. The minimum Gasteiger partial charge on any atom is -0.378 e. The van der Waals surface area contributed by atoms with E-state index in [0.717, 1.165) is 18.1 Å². The lowest BCUT2D eigenvalue weighted by molar-refractivity contribution is 1.08. The van der Waals surface area contributed by atoms with Gasteiger partial charge in [0.05, 0.1) is 0 Å². The van der Waals surface area contributed by atoms with E-state index in [4.69, 9.17) is 0 Å². The van der Waals surface area contributed by atoms with Crippen LogP contribution in [-0.4, -0.2) is 19.1 Å². The molecule has 0 amide bonds. The van der Waals surface area contributed by atoms with E-state index in [0.29, 0.717) is 0 Å². The fourth-order valence-electron chi connectivity index (χ4n) is 1.75. The Morgan fingerprint density at radius 2 is 1.78 bits per heavy atom. The molecule has 2 aromatic rings. The van der Waals surface area contributed by atoms with Crippen molar-refractivity contribution in [2.75, 3.05) is 24.3 Å². The summed E-state index contributed by atoms with van der Waals surface area (Å²) in [6.45, 7) is 2.79. The number of nitrogens with one attached hydrogen (secondary N) is 1. The average Bonchev–Trinajstić information content (AvgIpc) is 2.37. The molecular weight excluding hydrogens is 222 g/mol. The first kappa shape index (κ1) is 12.4. The van der Waals surface area contributed by atoms with Gasteiger partial charge in [0.25, 0.3) is 0 Å². The first-order chi connectivity index (χ1) is 8.65. The third-order valence-corrected chi connectivity index (χ3v) is 2.81. The second-order valence-electron chi connectivity index (χ2n) is 4.58. The molecule has 1 heterocycles. The molecule has 0 fully saturated rings. The molecule has 0 aliphatic heterocycles. The first-order valence-electron chi connectivity index (χ1n) is 6.09. The second-order valence-corrected chi connectivity index (χ2v) is 4.58. The van der Waals surface area contributed by atoms with E-state index in [-0.39, 0.29) is 0 Å². The molecule has 0 aliphatic rings. The highest BCUT2D eigenvalue weighted by Gasteiger charge is 1.97. The molecule has 0 saturated carbocycles. The predicted molar refractivity (Wildman–Crippen MR) is 77.1 cm³/mol. The number of nitrogens with zero attached hydrogens (tertiary/aromatic N) is 2. The van der Waals surface area contributed by atoms with Gasteiger partial charge < -0.3 is 10.2 Å². The van der Waals surface area contributed by atoms with Crippen LogP contribution in [0.5, 0.6) is 0 Å². The molecule has 1 N–H and O–H groups in total. The van der Waals surface area contributed by atoms with Crippen molar-refractivity contribution in [3.05, 3.63) is 53.7 Å². The average molecular weight is 241 g/mol. The predicted octanol–water partition coefficient (Wildman–Crippen LogP) is 3.07. The van der Waals surface area contributed by atoms with E-state index in [1.165, 1.54) is 11.3 Å². The number of hydrogen-bond acceptors (Lipinski definition) is 3. The second kappa shape index (κ2) is 5.54. The van der Waals surface area contributed by atoms with Crippen molar-refractivity contribution < 1.29 is 0 Å². The summed E-state index contributed by atoms with van der Waals surface area (Å²) in [5, 5.41) is 3.33. The monoisotopic (exact) mass is 241 g/mol. The SMILES string of the molecule is Cc1cccc(NCc2ccc(N(C)C)cc2)n1. The van der Waals surface area contributed by atoms with Gasteiger partial charge in [0, 0.05) is 32.0 Å². The lowest BCUT2D eigenvalue weighted by Crippen LogP contribution is -2.08. The van der Waals surface area contributed by atoms with Gasteiger partial charge in [0.1, 0.15) is 5.82 Å². The van der Waals surface area contributed by atoms with Crippen molar-refractivity contribution >= 4 is 11.5 Å². The zero-order valence-electron chi connectivity index (χ0n) is 11.1. The molecule has 18 heavy (non-hydrogen) atoms. The van der Waals surface area contributed by atoms with Gasteiger partial charge in [-0.15, -0.1) is 0 Å². The Labute approximate surface area is 108 Å². The largest absolute Gasteiger partial charge is 0.378 e. The number of rotatable bonds is 4. The highest BCUT2D eigenvalue weighted by molar-refractivity contribution is 5.46. The summed E-state index contributed by atoms with van der Waals surface area (Å²) < 4.78 is 0. The van der Waals surface area contributed by atoms with Crippen LogP contribution in [0.15, 0.2) is 42.5 Å². The van der Waals surface area contributed by atoms with Gasteiger partial charge in [-0.1, -0.05) is 18.2 Å². The maximum Gasteiger partial charge on any atom is 0.126 e. The van der Waals surface area contributed by atoms with Crippen LogP contribution in [0.3, 0.4) is 0 Å². The molecule has 3 heteroatoms. The van der Waals surface area contributed by atoms with Crippen molar-refractivity contribution in [3.8, 4) is 0 Å². The summed E-state index contributed by atoms with van der Waals surface area (Å²) in [7, 11) is 4.09. The third kappa shape index (κ3) is 3.23. The van der Waals surface area contributed by atoms with Crippen molar-refractivity contribution in [1.29, 1.82) is 0 Å². The van der Waals surface area contributed by atoms with Crippen molar-refractivity contribution in [2.45, 2.75) is 13.5 Å². The van der Waals surface area contributed by atoms with Crippen LogP contribution in [0.4, 0.5) is 11.5 Å². The molecule has 1 aromatic carbocycles. The molecule has 0 unspecified atom stereocenters. The van der Waals surface area contributed by atoms with E-state index < -0.39 is 0 Å². The van der Waals surface area contributed by atoms with E-state index in [1.807, 2.05) is 39.2 Å². The number of aromatic nitrogens is 1. The number of pyridine rings is 1. The Balaban J connectivity index is 1.98. The molecule has 0 radical (unpaired) electrons. The van der Waals surface area contributed by atoms with E-state index >= 15 is 0 Å². The van der Waals surface area contributed by atoms with Crippen molar-refractivity contribution in [3.63, 3.8) is 0 Å². The Morgan fingerprint density at radius 1 is 1.06 bits per heavy atom. The van der Waals surface area contributed by atoms with Gasteiger partial charge >= 0.3 is 0 Å². The number of aryl methyl sites for hydroxylation is 1. The molecule has 1 aromatic heterocycles. The summed E-state index contributed by atoms with van der Waals surface area (Å²) in [6, 6.07) is 14.5. The number of hydrogen-bond donors (Lipinski definition) is 1. The van der Waals surface area contributed by atoms with Crippen LogP contribution in [0, 0.1) is 6.92 Å². The summed E-state index contributed by atoms with van der Waals surface area (Å²) in [4.78, 5) is 6.51. The lowest BCUT2D eigenvalue weighted by Gasteiger charge is -2.13. The van der Waals surface area contributed by atoms with Gasteiger partial charge in [0.15, 0.2) is 0 Å². The zero-order chi connectivity index (χ0) is 13.0. The third-order valence-electron chi connectivity index (χ3n) is 2.81. The Bertz CT molecular complexity index is 503. The van der Waals surface area contributed by atoms with E-state index in [9.17, 15) is 0 Å². The lowest BCUT2D eigenvalue weighted by atomic mass is 10.2. The van der Waals surface area contributed by atoms with Gasteiger partial charge in [0.2, 0.25) is 0 Å². The Kier molecular flexibility index (Phi) is 3.82. The maximum absolute atomic E-state index is 4.41. The van der Waals surface area contributed by atoms with E-state index in [2.05, 4.69) is 39.5 Å². The zero-order valence-corrected chi connectivity index (χ0v) is 11.1. The van der Waals surface area contributed by atoms with Crippen LogP contribution < -0.4 is 10.2 Å². The van der Waals surface area contributed by atoms with Crippen LogP contribution in [0.1, 0.15) is 11.3 Å². The van der Waals surface area contributed by atoms with Crippen molar-refractivity contribution in [2.24, 2.45) is 0 Å². The Hall–Kier alpha value is -2.03. The van der Waals surface area contributed by atoms with Gasteiger partial charge in [-0.2, -0.15) is 0 Å². The first-order valence-corrected chi connectivity index (χ1v) is 6.09. The van der Waals surface area contributed by atoms with E-state index in [1.54, 1.807) is 0 Å². The summed E-state index contributed by atoms with van der Waals surface area (Å²) >= 11 is 0. The highest BCUT2D eigenvalue weighted by Crippen LogP contribution is 2.13. The minimum atomic E-state index is 0.796. The molecule has 94 valence electrons. The highest BCUT2D eigenvalue weighted by atomic mass is 15.1. The molecule has 0 saturated heterocycles. The number of anilines is 2. The standard InChI is InChI=1S/C15H19N3/c1-12-5-4-6-15(17-12)16-11-13-7-9-14(10-8-13)18(2)3/h4-10H,11H2,1-3H3,(H,16,17).